The number of halogens is 4. The first-order valence-corrected chi connectivity index (χ1v) is 7.12. The first-order valence-electron chi connectivity index (χ1n) is 5.41. The van der Waals surface area contributed by atoms with E-state index in [2.05, 4.69) is 37.2 Å². The van der Waals surface area contributed by atoms with Gasteiger partial charge in [0.1, 0.15) is 11.6 Å². The number of alkyl halides is 1. The smallest absolute Gasteiger partial charge is 0.144 e. The normalized spacial score (nSPS) is 14.7. The molecule has 0 fully saturated rings. The fourth-order valence-electron chi connectivity index (χ4n) is 1.58. The monoisotopic (exact) mass is 369 g/mol. The van der Waals surface area contributed by atoms with Crippen LogP contribution in [0.3, 0.4) is 0 Å². The molecule has 2 unspecified atom stereocenters. The van der Waals surface area contributed by atoms with Crippen LogP contribution in [0.4, 0.5) is 8.78 Å². The predicted molar refractivity (Wildman–Crippen MR) is 73.4 cm³/mol. The van der Waals surface area contributed by atoms with Crippen LogP contribution in [0.2, 0.25) is 0 Å². The first kappa shape index (κ1) is 15.1. The Kier molecular flexibility index (Phi) is 6.03. The molecule has 0 aliphatic heterocycles. The number of nitrogens with one attached hydrogen (secondary N) is 1. The number of rotatable bonds is 5. The third kappa shape index (κ3) is 4.64. The second-order valence-corrected chi connectivity index (χ2v) is 6.54. The van der Waals surface area contributed by atoms with Crippen LogP contribution in [0.25, 0.3) is 0 Å². The molecule has 0 saturated carbocycles. The lowest BCUT2D eigenvalue weighted by Gasteiger charge is -2.16. The van der Waals surface area contributed by atoms with Gasteiger partial charge in [0.25, 0.3) is 0 Å². The van der Waals surface area contributed by atoms with Gasteiger partial charge < -0.3 is 5.32 Å². The highest BCUT2D eigenvalue weighted by Gasteiger charge is 2.13. The summed E-state index contributed by atoms with van der Waals surface area (Å²) in [5, 5.41) is 3.11. The van der Waals surface area contributed by atoms with E-state index in [0.29, 0.717) is 4.83 Å². The van der Waals surface area contributed by atoms with Gasteiger partial charge in [-0.2, -0.15) is 0 Å². The third-order valence-electron chi connectivity index (χ3n) is 2.44. The topological polar surface area (TPSA) is 12.0 Å². The molecule has 1 rings (SSSR count). The van der Waals surface area contributed by atoms with Crippen molar-refractivity contribution in [1.82, 2.24) is 5.32 Å². The van der Waals surface area contributed by atoms with E-state index in [0.717, 1.165) is 6.42 Å². The molecule has 0 aliphatic carbocycles. The van der Waals surface area contributed by atoms with Crippen LogP contribution in [-0.2, 0) is 6.54 Å². The maximum absolute atomic E-state index is 13.6. The van der Waals surface area contributed by atoms with Crippen molar-refractivity contribution in [2.45, 2.75) is 37.7 Å². The molecule has 1 aromatic rings. The molecule has 0 aromatic heterocycles. The molecule has 0 saturated heterocycles. The largest absolute Gasteiger partial charge is 0.310 e. The van der Waals surface area contributed by atoms with Gasteiger partial charge in [-0.3, -0.25) is 0 Å². The summed E-state index contributed by atoms with van der Waals surface area (Å²) in [6, 6.07) is 2.84. The van der Waals surface area contributed by atoms with E-state index in [-0.39, 0.29) is 22.6 Å². The minimum absolute atomic E-state index is 0.0773. The van der Waals surface area contributed by atoms with Crippen LogP contribution in [-0.4, -0.2) is 10.9 Å². The summed E-state index contributed by atoms with van der Waals surface area (Å²) in [7, 11) is 0. The minimum Gasteiger partial charge on any atom is -0.310 e. The average Bonchev–Trinajstić information content (AvgIpc) is 2.23. The van der Waals surface area contributed by atoms with Crippen molar-refractivity contribution < 1.29 is 8.78 Å². The van der Waals surface area contributed by atoms with Crippen LogP contribution in [0, 0.1) is 11.6 Å². The Morgan fingerprint density at radius 2 is 1.94 bits per heavy atom. The zero-order valence-corrected chi connectivity index (χ0v) is 12.9. The Morgan fingerprint density at radius 3 is 2.53 bits per heavy atom. The van der Waals surface area contributed by atoms with Crippen molar-refractivity contribution in [3.63, 3.8) is 0 Å². The van der Waals surface area contributed by atoms with Crippen molar-refractivity contribution in [2.75, 3.05) is 0 Å². The Bertz CT molecular complexity index is 383. The van der Waals surface area contributed by atoms with Crippen molar-refractivity contribution in [2.24, 2.45) is 0 Å². The van der Waals surface area contributed by atoms with Gasteiger partial charge >= 0.3 is 0 Å². The average molecular weight is 371 g/mol. The first-order chi connectivity index (χ1) is 7.91. The molecule has 17 heavy (non-hydrogen) atoms. The summed E-state index contributed by atoms with van der Waals surface area (Å²) in [4.78, 5) is 0.377. The summed E-state index contributed by atoms with van der Waals surface area (Å²) in [5.41, 5.74) is 0.0773. The highest BCUT2D eigenvalue weighted by Crippen LogP contribution is 2.21. The molecule has 1 nitrogen and oxygen atoms in total. The minimum atomic E-state index is -0.531. The fraction of sp³-hybridized carbons (Fsp3) is 0.500. The molecular weight excluding hydrogens is 356 g/mol. The predicted octanol–water partition coefficient (Wildman–Crippen LogP) is 4.38. The van der Waals surface area contributed by atoms with E-state index in [1.165, 1.54) is 12.1 Å². The Morgan fingerprint density at radius 1 is 1.29 bits per heavy atom. The molecule has 5 heteroatoms. The van der Waals surface area contributed by atoms with Gasteiger partial charge in [0.05, 0.1) is 4.47 Å². The molecule has 0 spiro atoms. The third-order valence-corrected chi connectivity index (χ3v) is 3.43. The molecule has 0 aliphatic rings. The van der Waals surface area contributed by atoms with Gasteiger partial charge in [0.2, 0.25) is 0 Å². The quantitative estimate of drug-likeness (QED) is 0.599. The molecule has 1 aromatic carbocycles. The van der Waals surface area contributed by atoms with Crippen LogP contribution < -0.4 is 5.32 Å². The molecule has 1 N–H and O–H groups in total. The molecule has 0 radical (unpaired) electrons. The highest BCUT2D eigenvalue weighted by atomic mass is 79.9. The zero-order chi connectivity index (χ0) is 13.0. The number of hydrogen-bond acceptors (Lipinski definition) is 1. The summed E-state index contributed by atoms with van der Waals surface area (Å²) in [5.74, 6) is -1.05. The second-order valence-electron chi connectivity index (χ2n) is 4.12. The van der Waals surface area contributed by atoms with Crippen molar-refractivity contribution in [1.29, 1.82) is 0 Å². The highest BCUT2D eigenvalue weighted by molar-refractivity contribution is 9.10. The van der Waals surface area contributed by atoms with Crippen molar-refractivity contribution in [3.05, 3.63) is 33.8 Å². The van der Waals surface area contributed by atoms with Crippen LogP contribution in [0.15, 0.2) is 16.6 Å². The lowest BCUT2D eigenvalue weighted by Crippen LogP contribution is -2.28. The molecule has 0 amide bonds. The number of benzene rings is 1. The maximum Gasteiger partial charge on any atom is 0.144 e. The van der Waals surface area contributed by atoms with Gasteiger partial charge in [-0.1, -0.05) is 22.9 Å². The lowest BCUT2D eigenvalue weighted by atomic mass is 10.1. The van der Waals surface area contributed by atoms with Gasteiger partial charge in [-0.05, 0) is 41.4 Å². The summed E-state index contributed by atoms with van der Waals surface area (Å²) in [6.45, 7) is 4.22. The fourth-order valence-corrected chi connectivity index (χ4v) is 2.51. The van der Waals surface area contributed by atoms with E-state index in [1.54, 1.807) is 0 Å². The molecular formula is C12H15Br2F2N. The summed E-state index contributed by atoms with van der Waals surface area (Å²) < 4.78 is 27.4. The Balaban J connectivity index is 2.66. The van der Waals surface area contributed by atoms with Crippen LogP contribution in [0.1, 0.15) is 25.8 Å². The molecule has 0 heterocycles. The molecule has 0 bridgehead atoms. The lowest BCUT2D eigenvalue weighted by molar-refractivity contribution is 0.482. The number of hydrogen-bond donors (Lipinski definition) is 1. The van der Waals surface area contributed by atoms with E-state index in [9.17, 15) is 8.78 Å². The Labute approximate surface area is 117 Å². The zero-order valence-electron chi connectivity index (χ0n) is 9.74. The van der Waals surface area contributed by atoms with Gasteiger partial charge in [-0.15, -0.1) is 0 Å². The maximum atomic E-state index is 13.6. The van der Waals surface area contributed by atoms with Gasteiger partial charge in [0, 0.05) is 23.0 Å². The van der Waals surface area contributed by atoms with E-state index in [4.69, 9.17) is 0 Å². The summed E-state index contributed by atoms with van der Waals surface area (Å²) >= 11 is 6.50. The van der Waals surface area contributed by atoms with Gasteiger partial charge in [0.15, 0.2) is 0 Å². The van der Waals surface area contributed by atoms with E-state index >= 15 is 0 Å². The van der Waals surface area contributed by atoms with Gasteiger partial charge in [-0.25, -0.2) is 8.78 Å². The summed E-state index contributed by atoms with van der Waals surface area (Å²) in [6.07, 6.45) is 0.900. The van der Waals surface area contributed by atoms with E-state index < -0.39 is 11.6 Å². The standard InChI is InChI=1S/C12H15Br2F2N/c1-7(13)5-8(2)17-6-9-11(15)4-3-10(14)12(9)16/h3-4,7-8,17H,5-6H2,1-2H3. The SMILES string of the molecule is CC(Br)CC(C)NCc1c(F)ccc(Br)c1F. The Hall–Kier alpha value is -0.0000000000000000555. The molecule has 96 valence electrons. The van der Waals surface area contributed by atoms with Crippen LogP contribution >= 0.6 is 31.9 Å². The molecule has 2 atom stereocenters. The second kappa shape index (κ2) is 6.81. The van der Waals surface area contributed by atoms with Crippen LogP contribution in [0.5, 0.6) is 0 Å². The van der Waals surface area contributed by atoms with Crippen molar-refractivity contribution in [3.8, 4) is 0 Å². The van der Waals surface area contributed by atoms with Crippen molar-refractivity contribution >= 4 is 31.9 Å². The van der Waals surface area contributed by atoms with E-state index in [1.807, 2.05) is 13.8 Å².